The first-order valence-electron chi connectivity index (χ1n) is 1.46. The van der Waals surface area contributed by atoms with E-state index in [0.717, 1.165) is 0 Å². The average Bonchev–Trinajstić information content (AvgIpc) is 1.14. The number of rotatable bonds is 2. The van der Waals surface area contributed by atoms with E-state index in [0.29, 0.717) is 0 Å². The van der Waals surface area contributed by atoms with E-state index in [1.165, 1.54) is 0 Å². The molecule has 0 aliphatic carbocycles. The Kier molecular flexibility index (Phi) is 61.3. The van der Waals surface area contributed by atoms with Gasteiger partial charge in [0, 0.05) is 16.8 Å². The zero-order valence-corrected chi connectivity index (χ0v) is 9.92. The molecule has 0 bridgehead atoms. The van der Waals surface area contributed by atoms with Crippen LogP contribution < -0.4 is 19.6 Å². The quantitative estimate of drug-likeness (QED) is 0.435. The fourth-order valence-corrected chi connectivity index (χ4v) is 1.10. The van der Waals surface area contributed by atoms with Crippen LogP contribution in [0, 0.1) is 0 Å². The van der Waals surface area contributed by atoms with Gasteiger partial charge in [-0.15, -0.1) is 0 Å². The van der Waals surface area contributed by atoms with Crippen molar-refractivity contribution in [2.45, 2.75) is 0 Å². The van der Waals surface area contributed by atoms with E-state index < -0.39 is 15.6 Å². The molecular formula is H12CoO13P2-4. The first-order chi connectivity index (χ1) is 3.71. The van der Waals surface area contributed by atoms with Gasteiger partial charge >= 0.3 is 0 Å². The third kappa shape index (κ3) is 62.4. The van der Waals surface area contributed by atoms with Crippen LogP contribution in [0.5, 0.6) is 0 Å². The molecule has 0 aromatic carbocycles. The summed E-state index contributed by atoms with van der Waals surface area (Å²) in [5.41, 5.74) is 0. The molecule has 1 radical (unpaired) electrons. The van der Waals surface area contributed by atoms with Gasteiger partial charge in [-0.1, -0.05) is 0 Å². The Balaban J connectivity index is -0.0000000152. The molecule has 0 aromatic rings. The third-order valence-corrected chi connectivity index (χ3v) is 1.80. The Bertz CT molecular complexity index is 154. The van der Waals surface area contributed by atoms with Crippen LogP contribution >= 0.6 is 15.6 Å². The molecule has 113 valence electrons. The molecule has 0 heterocycles. The van der Waals surface area contributed by atoms with E-state index in [4.69, 9.17) is 0 Å². The second kappa shape index (κ2) is 17.9. The summed E-state index contributed by atoms with van der Waals surface area (Å²) in [5.74, 6) is 0. The summed E-state index contributed by atoms with van der Waals surface area (Å²) < 4.78 is 21.2. The average molecular weight is 341 g/mol. The molecule has 13 nitrogen and oxygen atoms in total. The Morgan fingerprint density at radius 2 is 0.750 bits per heavy atom. The molecule has 0 saturated carbocycles. The number of hydrogen-bond acceptors (Lipinski definition) is 7. The van der Waals surface area contributed by atoms with Gasteiger partial charge in [0.2, 0.25) is 0 Å². The van der Waals surface area contributed by atoms with Gasteiger partial charge in [-0.05, 0) is 0 Å². The van der Waals surface area contributed by atoms with E-state index in [1.807, 2.05) is 0 Å². The molecule has 0 aromatic heterocycles. The number of phosphoric acid groups is 2. The molecule has 0 spiro atoms. The first kappa shape index (κ1) is 54.8. The Labute approximate surface area is 99.0 Å². The van der Waals surface area contributed by atoms with Gasteiger partial charge in [-0.25, -0.2) is 0 Å². The summed E-state index contributed by atoms with van der Waals surface area (Å²) in [7, 11) is -11.4. The Morgan fingerprint density at radius 3 is 0.750 bits per heavy atom. The summed E-state index contributed by atoms with van der Waals surface area (Å²) in [6, 6.07) is 0. The predicted octanol–water partition coefficient (Wildman–Crippen LogP) is -8.29. The molecule has 16 heteroatoms. The van der Waals surface area contributed by atoms with Crippen molar-refractivity contribution in [1.29, 1.82) is 0 Å². The fourth-order valence-electron chi connectivity index (χ4n) is 0.122. The van der Waals surface area contributed by atoms with Crippen molar-refractivity contribution in [3.05, 3.63) is 0 Å². The van der Waals surface area contributed by atoms with E-state index in [2.05, 4.69) is 4.31 Å². The predicted molar refractivity (Wildman–Crippen MR) is 38.0 cm³/mol. The standard InChI is InChI=1S/Co.H4O7P2.6H2O/c;1-8(2,3)7-9(4,5)6;;;;;;/h;(H2,1,2,3)(H2,4,5,6);6*1H2/p-4. The Morgan fingerprint density at radius 1 is 0.625 bits per heavy atom. The zero-order valence-electron chi connectivity index (χ0n) is 7.09. The minimum absolute atomic E-state index is 0. The zero-order chi connectivity index (χ0) is 7.71. The maximum Gasteiger partial charge on any atom is 0.0655 e. The molecule has 12 N–H and O–H groups in total. The Hall–Kier alpha value is 0.526. The summed E-state index contributed by atoms with van der Waals surface area (Å²) in [6.07, 6.45) is 0. The van der Waals surface area contributed by atoms with Gasteiger partial charge < -0.3 is 65.9 Å². The van der Waals surface area contributed by atoms with Crippen LogP contribution in [-0.2, 0) is 30.2 Å². The van der Waals surface area contributed by atoms with Crippen LogP contribution in [0.15, 0.2) is 0 Å². The van der Waals surface area contributed by atoms with Gasteiger partial charge in [0.25, 0.3) is 0 Å². The van der Waals surface area contributed by atoms with Gasteiger partial charge in [0.1, 0.15) is 0 Å². The van der Waals surface area contributed by atoms with Crippen molar-refractivity contribution in [3.63, 3.8) is 0 Å². The van der Waals surface area contributed by atoms with Gasteiger partial charge in [0.15, 0.2) is 0 Å². The molecular weight excluding hydrogens is 329 g/mol. The van der Waals surface area contributed by atoms with Crippen molar-refractivity contribution < 1.29 is 82.7 Å². The van der Waals surface area contributed by atoms with Gasteiger partial charge in [-0.2, -0.15) is 0 Å². The smallest absolute Gasteiger partial charge is 0.0655 e. The maximum atomic E-state index is 9.32. The summed E-state index contributed by atoms with van der Waals surface area (Å²) in [6.45, 7) is 0. The SMILES string of the molecule is O.O.O.O.O.O.O=P([O-])([O-])OP(=O)([O-])[O-].[Co]. The van der Waals surface area contributed by atoms with Crippen molar-refractivity contribution in [1.82, 2.24) is 0 Å². The molecule has 0 atom stereocenters. The van der Waals surface area contributed by atoms with Gasteiger partial charge in [0.05, 0.1) is 15.6 Å². The molecule has 0 fully saturated rings. The topological polar surface area (TPSA) is 325 Å². The van der Waals surface area contributed by atoms with E-state index >= 15 is 0 Å². The summed E-state index contributed by atoms with van der Waals surface area (Å²) in [5, 5.41) is 0. The summed E-state index contributed by atoms with van der Waals surface area (Å²) in [4.78, 5) is 37.3. The van der Waals surface area contributed by atoms with Crippen molar-refractivity contribution in [2.75, 3.05) is 0 Å². The molecule has 0 unspecified atom stereocenters. The molecule has 0 aliphatic rings. The summed E-state index contributed by atoms with van der Waals surface area (Å²) >= 11 is 0. The van der Waals surface area contributed by atoms with Crippen LogP contribution in [0.1, 0.15) is 0 Å². The van der Waals surface area contributed by atoms with Crippen molar-refractivity contribution >= 4 is 15.6 Å². The number of hydrogen-bond donors (Lipinski definition) is 0. The molecule has 0 aliphatic heterocycles. The third-order valence-electron chi connectivity index (χ3n) is 0.200. The van der Waals surface area contributed by atoms with Crippen LogP contribution in [0.2, 0.25) is 0 Å². The van der Waals surface area contributed by atoms with Crippen LogP contribution in [0.25, 0.3) is 0 Å². The van der Waals surface area contributed by atoms with E-state index in [-0.39, 0.29) is 49.6 Å². The maximum absolute atomic E-state index is 9.32. The second-order valence-electron chi connectivity index (χ2n) is 0.976. The van der Waals surface area contributed by atoms with Crippen LogP contribution in [0.4, 0.5) is 0 Å². The van der Waals surface area contributed by atoms with Crippen molar-refractivity contribution in [3.8, 4) is 0 Å². The van der Waals surface area contributed by atoms with E-state index in [1.54, 1.807) is 0 Å². The second-order valence-corrected chi connectivity index (χ2v) is 3.42. The first-order valence-corrected chi connectivity index (χ1v) is 4.38. The minimum Gasteiger partial charge on any atom is -0.790 e. The van der Waals surface area contributed by atoms with Crippen molar-refractivity contribution in [2.24, 2.45) is 0 Å². The molecule has 0 rings (SSSR count). The van der Waals surface area contributed by atoms with Crippen LogP contribution in [0.3, 0.4) is 0 Å². The monoisotopic (exact) mass is 341 g/mol. The molecule has 0 saturated heterocycles. The fraction of sp³-hybridized carbons (Fsp3) is 0. The largest absolute Gasteiger partial charge is 0.790 e. The van der Waals surface area contributed by atoms with Gasteiger partial charge in [-0.3, -0.25) is 0 Å². The molecule has 0 amide bonds. The normalized spacial score (nSPS) is 7.75. The van der Waals surface area contributed by atoms with E-state index in [9.17, 15) is 28.7 Å². The molecule has 16 heavy (non-hydrogen) atoms. The minimum atomic E-state index is -5.68. The van der Waals surface area contributed by atoms with Crippen LogP contribution in [-0.4, -0.2) is 32.9 Å².